The minimum atomic E-state index is -1.26. The van der Waals surface area contributed by atoms with Crippen molar-refractivity contribution >= 4 is 73.3 Å². The van der Waals surface area contributed by atoms with E-state index in [2.05, 4.69) is 42.6 Å². The van der Waals surface area contributed by atoms with Gasteiger partial charge in [-0.3, -0.25) is 9.59 Å². The number of anilines is 2. The Morgan fingerprint density at radius 1 is 0.973 bits per heavy atom. The van der Waals surface area contributed by atoms with Crippen LogP contribution < -0.4 is 16.0 Å². The first-order chi connectivity index (χ1) is 17.7. The molecular formula is C26H27BrClF3IN3O2. The highest BCUT2D eigenvalue weighted by Crippen LogP contribution is 2.28. The number of rotatable bonds is 14. The molecular weight excluding hydrogens is 686 g/mol. The maximum absolute atomic E-state index is 14.5. The Balaban J connectivity index is 1.72. The van der Waals surface area contributed by atoms with Crippen molar-refractivity contribution < 1.29 is 22.8 Å². The second-order valence-electron chi connectivity index (χ2n) is 8.15. The van der Waals surface area contributed by atoms with Gasteiger partial charge in [-0.05, 0) is 83.4 Å². The van der Waals surface area contributed by atoms with Gasteiger partial charge in [0, 0.05) is 39.0 Å². The fourth-order valence-corrected chi connectivity index (χ4v) is 4.45. The van der Waals surface area contributed by atoms with Gasteiger partial charge in [0.25, 0.3) is 5.91 Å². The number of nitrogens with one attached hydrogen (secondary N) is 3. The van der Waals surface area contributed by atoms with Gasteiger partial charge in [-0.2, -0.15) is 0 Å². The molecule has 1 atom stereocenters. The number of amides is 2. The number of alkyl halides is 1. The lowest BCUT2D eigenvalue weighted by Gasteiger charge is -2.14. The van der Waals surface area contributed by atoms with E-state index in [0.29, 0.717) is 42.3 Å². The molecule has 0 aromatic heterocycles. The number of hydrogen-bond acceptors (Lipinski definition) is 3. The van der Waals surface area contributed by atoms with E-state index in [-0.39, 0.29) is 22.5 Å². The summed E-state index contributed by atoms with van der Waals surface area (Å²) in [6.45, 7) is 0.897. The third-order valence-electron chi connectivity index (χ3n) is 5.31. The van der Waals surface area contributed by atoms with Gasteiger partial charge in [0.15, 0.2) is 11.6 Å². The first-order valence-corrected chi connectivity index (χ1v) is 14.0. The summed E-state index contributed by atoms with van der Waals surface area (Å²) < 4.78 is 43.2. The highest BCUT2D eigenvalue weighted by Gasteiger charge is 2.20. The van der Waals surface area contributed by atoms with E-state index in [9.17, 15) is 22.8 Å². The Hall–Kier alpha value is -1.97. The molecule has 0 fully saturated rings. The van der Waals surface area contributed by atoms with Gasteiger partial charge in [0.05, 0.1) is 22.3 Å². The molecule has 1 unspecified atom stereocenters. The molecule has 3 N–H and O–H groups in total. The molecule has 0 aliphatic rings. The molecule has 0 saturated carbocycles. The van der Waals surface area contributed by atoms with E-state index in [1.54, 1.807) is 6.07 Å². The van der Waals surface area contributed by atoms with Gasteiger partial charge in [-0.25, -0.2) is 13.2 Å². The Bertz CT molecular complexity index is 1140. The topological polar surface area (TPSA) is 70.2 Å². The molecule has 0 aliphatic heterocycles. The molecule has 0 radical (unpaired) electrons. The summed E-state index contributed by atoms with van der Waals surface area (Å²) in [4.78, 5) is 27.0. The number of carbonyl (C=O) groups excluding carboxylic acids is 2. The molecule has 0 bridgehead atoms. The molecule has 11 heteroatoms. The minimum absolute atomic E-state index is 0.0241. The summed E-state index contributed by atoms with van der Waals surface area (Å²) in [7, 11) is 0. The van der Waals surface area contributed by atoms with Crippen LogP contribution in [0.3, 0.4) is 0 Å². The van der Waals surface area contributed by atoms with Crippen molar-refractivity contribution in [1.82, 2.24) is 10.6 Å². The standard InChI is InChI=1S/C26H27BrClF3IN3O2/c27-13-12-17(28)6-5-7-23(36)33-14-3-1-2-4-15-34-26(37)19-9-10-20(29)24(31)25(19)35-22-11-8-18(32)16-21(22)30/h8-11,16-17,35H,1-7,14-15H2,(H,33,36)(H,34,37). The summed E-state index contributed by atoms with van der Waals surface area (Å²) in [6, 6.07) is 6.25. The van der Waals surface area contributed by atoms with Gasteiger partial charge in [-0.1, -0.05) is 18.8 Å². The quantitative estimate of drug-likeness (QED) is 0.0857. The monoisotopic (exact) mass is 711 g/mol. The van der Waals surface area contributed by atoms with Crippen molar-refractivity contribution in [3.05, 3.63) is 56.9 Å². The highest BCUT2D eigenvalue weighted by molar-refractivity contribution is 14.1. The maximum atomic E-state index is 14.5. The summed E-state index contributed by atoms with van der Waals surface area (Å²) in [6.07, 6.45) is 4.84. The van der Waals surface area contributed by atoms with Crippen LogP contribution >= 0.6 is 50.1 Å². The van der Waals surface area contributed by atoms with Crippen molar-refractivity contribution in [2.45, 2.75) is 50.3 Å². The molecule has 0 heterocycles. The first-order valence-electron chi connectivity index (χ1n) is 11.7. The van der Waals surface area contributed by atoms with Crippen molar-refractivity contribution in [3.8, 4) is 10.8 Å². The van der Waals surface area contributed by atoms with E-state index in [0.717, 1.165) is 31.4 Å². The average molecular weight is 713 g/mol. The van der Waals surface area contributed by atoms with Crippen molar-refractivity contribution in [2.24, 2.45) is 0 Å². The van der Waals surface area contributed by atoms with Crippen LogP contribution in [0.15, 0.2) is 30.3 Å². The lowest BCUT2D eigenvalue weighted by atomic mass is 10.1. The smallest absolute Gasteiger partial charge is 0.253 e. The van der Waals surface area contributed by atoms with Crippen LogP contribution in [-0.4, -0.2) is 30.3 Å². The van der Waals surface area contributed by atoms with E-state index >= 15 is 0 Å². The summed E-state index contributed by atoms with van der Waals surface area (Å²) in [5.74, 6) is -0.923. The zero-order valence-corrected chi connectivity index (χ0v) is 24.4. The van der Waals surface area contributed by atoms with E-state index < -0.39 is 29.0 Å². The first kappa shape index (κ1) is 31.2. The molecule has 2 rings (SSSR count). The molecule has 37 heavy (non-hydrogen) atoms. The van der Waals surface area contributed by atoms with Crippen LogP contribution in [0.4, 0.5) is 24.5 Å². The average Bonchev–Trinajstić information content (AvgIpc) is 2.85. The van der Waals surface area contributed by atoms with Gasteiger partial charge >= 0.3 is 0 Å². The second-order valence-corrected chi connectivity index (χ2v) is 10.3. The maximum Gasteiger partial charge on any atom is 0.253 e. The van der Waals surface area contributed by atoms with E-state index in [4.69, 9.17) is 11.6 Å². The number of benzene rings is 2. The summed E-state index contributed by atoms with van der Waals surface area (Å²) in [5, 5.41) is 7.80. The Labute approximate surface area is 241 Å². The van der Waals surface area contributed by atoms with Crippen LogP contribution in [-0.2, 0) is 4.79 Å². The molecule has 0 saturated heterocycles. The highest BCUT2D eigenvalue weighted by atomic mass is 127. The van der Waals surface area contributed by atoms with Gasteiger partial charge in [0.1, 0.15) is 5.82 Å². The molecule has 2 amide bonds. The fourth-order valence-electron chi connectivity index (χ4n) is 3.38. The third kappa shape index (κ3) is 11.1. The van der Waals surface area contributed by atoms with E-state index in [1.165, 1.54) is 12.1 Å². The van der Waals surface area contributed by atoms with Crippen molar-refractivity contribution in [3.63, 3.8) is 0 Å². The number of hydrogen-bond donors (Lipinski definition) is 3. The lowest BCUT2D eigenvalue weighted by molar-refractivity contribution is -0.121. The van der Waals surface area contributed by atoms with Crippen molar-refractivity contribution in [2.75, 3.05) is 18.4 Å². The van der Waals surface area contributed by atoms with E-state index in [1.807, 2.05) is 22.6 Å². The zero-order chi connectivity index (χ0) is 27.2. The van der Waals surface area contributed by atoms with Crippen LogP contribution in [0.2, 0.25) is 0 Å². The Kier molecular flexibility index (Phi) is 14.2. The largest absolute Gasteiger partial charge is 0.356 e. The Morgan fingerprint density at radius 3 is 2.35 bits per heavy atom. The molecule has 0 spiro atoms. The predicted octanol–water partition coefficient (Wildman–Crippen LogP) is 6.99. The lowest BCUT2D eigenvalue weighted by Crippen LogP contribution is -2.26. The van der Waals surface area contributed by atoms with Gasteiger partial charge < -0.3 is 16.0 Å². The van der Waals surface area contributed by atoms with Crippen LogP contribution in [0.1, 0.15) is 55.3 Å². The fraction of sp³-hybridized carbons (Fsp3) is 0.385. The predicted molar refractivity (Wildman–Crippen MR) is 153 cm³/mol. The molecule has 200 valence electrons. The Morgan fingerprint density at radius 2 is 1.68 bits per heavy atom. The molecule has 5 nitrogen and oxygen atoms in total. The normalized spacial score (nSPS) is 11.3. The van der Waals surface area contributed by atoms with Crippen LogP contribution in [0.25, 0.3) is 0 Å². The molecule has 2 aromatic carbocycles. The number of halogens is 6. The van der Waals surface area contributed by atoms with Crippen molar-refractivity contribution in [1.29, 1.82) is 0 Å². The van der Waals surface area contributed by atoms with Crippen LogP contribution in [0, 0.1) is 31.8 Å². The third-order valence-corrected chi connectivity index (χ3v) is 6.54. The molecule has 2 aromatic rings. The minimum Gasteiger partial charge on any atom is -0.356 e. The van der Waals surface area contributed by atoms with Gasteiger partial charge in [0.2, 0.25) is 5.91 Å². The number of unbranched alkanes of at least 4 members (excludes halogenated alkanes) is 3. The zero-order valence-electron chi connectivity index (χ0n) is 19.9. The SMILES string of the molecule is O=C(CCCC(Cl)C#CBr)NCCCCCCNC(=O)c1ccc(F)c(F)c1Nc1ccc(I)cc1F. The number of carbonyl (C=O) groups is 2. The summed E-state index contributed by atoms with van der Waals surface area (Å²) in [5.41, 5.74) is -0.622. The summed E-state index contributed by atoms with van der Waals surface area (Å²) >= 11 is 10.9. The van der Waals surface area contributed by atoms with Crippen LogP contribution in [0.5, 0.6) is 0 Å². The van der Waals surface area contributed by atoms with Gasteiger partial charge in [-0.15, -0.1) is 11.6 Å². The molecule has 0 aliphatic carbocycles. The second kappa shape index (κ2) is 16.8.